The summed E-state index contributed by atoms with van der Waals surface area (Å²) in [6.07, 6.45) is 47.4. The van der Waals surface area contributed by atoms with Gasteiger partial charge in [-0.05, 0) is 0 Å². The quantitative estimate of drug-likeness (QED) is 0.0653. The zero-order valence-electron chi connectivity index (χ0n) is 24.6. The van der Waals surface area contributed by atoms with E-state index in [0.29, 0.717) is 0 Å². The van der Waals surface area contributed by atoms with Crippen LogP contribution in [0.4, 0.5) is 0 Å². The van der Waals surface area contributed by atoms with Crippen molar-refractivity contribution in [3.8, 4) is 0 Å². The molecule has 35 heavy (non-hydrogen) atoms. The van der Waals surface area contributed by atoms with Gasteiger partial charge in [-0.1, -0.05) is 219 Å². The third-order valence-corrected chi connectivity index (χ3v) is 7.96. The Morgan fingerprint density at radius 3 is 0.343 bits per heavy atom. The van der Waals surface area contributed by atoms with Crippen LogP contribution in [-0.4, -0.2) is 29.6 Å². The van der Waals surface area contributed by atoms with E-state index in [-0.39, 0.29) is 29.6 Å². The molecule has 0 saturated heterocycles. The summed E-state index contributed by atoms with van der Waals surface area (Å²) in [7, 11) is 0. The molecule has 0 aromatic rings. The Balaban J connectivity index is 0. The van der Waals surface area contributed by atoms with Gasteiger partial charge >= 0.3 is 29.6 Å². The summed E-state index contributed by atoms with van der Waals surface area (Å²) in [6, 6.07) is 0. The van der Waals surface area contributed by atoms with E-state index in [1.165, 1.54) is 205 Å². The van der Waals surface area contributed by atoms with Crippen molar-refractivity contribution in [3.05, 3.63) is 0 Å². The van der Waals surface area contributed by atoms with Crippen molar-refractivity contribution in [3.63, 3.8) is 0 Å². The molecule has 0 amide bonds. The molecule has 0 rings (SSSR count). The van der Waals surface area contributed by atoms with Crippen LogP contribution in [-0.2, 0) is 0 Å². The molecule has 0 N–H and O–H groups in total. The summed E-state index contributed by atoms with van der Waals surface area (Å²) in [4.78, 5) is 0. The SMILES string of the molecule is CCCCCCCCCCCCCCCCCCCCCCCCCCCCCCCCCC.[NaH]. The topological polar surface area (TPSA) is 0 Å². The molecule has 0 spiro atoms. The molecule has 0 heterocycles. The van der Waals surface area contributed by atoms with Crippen molar-refractivity contribution in [2.45, 2.75) is 219 Å². The molecule has 0 unspecified atom stereocenters. The van der Waals surface area contributed by atoms with Gasteiger partial charge in [-0.15, -0.1) is 0 Å². The molecule has 0 nitrogen and oxygen atoms in total. The first-order chi connectivity index (χ1) is 16.9. The van der Waals surface area contributed by atoms with Crippen molar-refractivity contribution in [1.29, 1.82) is 0 Å². The first-order valence-electron chi connectivity index (χ1n) is 16.9. The summed E-state index contributed by atoms with van der Waals surface area (Å²) in [5.74, 6) is 0. The normalized spacial score (nSPS) is 11.1. The molecular formula is C34H71Na. The van der Waals surface area contributed by atoms with Crippen LogP contribution in [0.2, 0.25) is 0 Å². The molecule has 0 aromatic heterocycles. The summed E-state index contributed by atoms with van der Waals surface area (Å²) in [5, 5.41) is 0. The fourth-order valence-electron chi connectivity index (χ4n) is 5.45. The molecular weight excluding hydrogens is 431 g/mol. The third-order valence-electron chi connectivity index (χ3n) is 7.96. The molecule has 0 aliphatic rings. The maximum absolute atomic E-state index is 2.31. The number of rotatable bonds is 31. The summed E-state index contributed by atoms with van der Waals surface area (Å²) >= 11 is 0. The van der Waals surface area contributed by atoms with Gasteiger partial charge in [0.15, 0.2) is 0 Å². The van der Waals surface area contributed by atoms with Crippen molar-refractivity contribution in [2.75, 3.05) is 0 Å². The van der Waals surface area contributed by atoms with Gasteiger partial charge in [0.2, 0.25) is 0 Å². The first-order valence-corrected chi connectivity index (χ1v) is 16.9. The Morgan fingerprint density at radius 2 is 0.257 bits per heavy atom. The molecule has 0 bridgehead atoms. The molecule has 0 aromatic carbocycles. The van der Waals surface area contributed by atoms with E-state index in [2.05, 4.69) is 13.8 Å². The zero-order chi connectivity index (χ0) is 24.6. The second-order valence-electron chi connectivity index (χ2n) is 11.6. The molecule has 1 heteroatoms. The van der Waals surface area contributed by atoms with Crippen LogP contribution < -0.4 is 0 Å². The number of unbranched alkanes of at least 4 members (excludes halogenated alkanes) is 31. The van der Waals surface area contributed by atoms with Crippen molar-refractivity contribution >= 4 is 29.6 Å². The average molecular weight is 503 g/mol. The first kappa shape index (κ1) is 38.1. The van der Waals surface area contributed by atoms with E-state index in [4.69, 9.17) is 0 Å². The van der Waals surface area contributed by atoms with E-state index in [1.807, 2.05) is 0 Å². The standard InChI is InChI=1S/C34H70.Na.H/c1-3-5-7-9-11-13-15-17-19-21-23-25-27-29-31-33-34-32-30-28-26-24-22-20-18-16-14-12-10-8-6-4-2;;/h3-34H2,1-2H3;;. The fraction of sp³-hybridized carbons (Fsp3) is 1.00. The van der Waals surface area contributed by atoms with Crippen LogP contribution in [0, 0.1) is 0 Å². The van der Waals surface area contributed by atoms with E-state index >= 15 is 0 Å². The van der Waals surface area contributed by atoms with Gasteiger partial charge in [0.25, 0.3) is 0 Å². The van der Waals surface area contributed by atoms with Gasteiger partial charge in [-0.25, -0.2) is 0 Å². The minimum atomic E-state index is 0. The van der Waals surface area contributed by atoms with E-state index in [9.17, 15) is 0 Å². The monoisotopic (exact) mass is 503 g/mol. The Bertz CT molecular complexity index is 295. The summed E-state index contributed by atoms with van der Waals surface area (Å²) in [6.45, 7) is 4.62. The van der Waals surface area contributed by atoms with Crippen LogP contribution in [0.25, 0.3) is 0 Å². The Hall–Kier alpha value is 1.00. The second kappa shape index (κ2) is 37.2. The predicted octanol–water partition coefficient (Wildman–Crippen LogP) is 12.9. The molecule has 0 fully saturated rings. The van der Waals surface area contributed by atoms with E-state index < -0.39 is 0 Å². The summed E-state index contributed by atoms with van der Waals surface area (Å²) in [5.41, 5.74) is 0. The Morgan fingerprint density at radius 1 is 0.171 bits per heavy atom. The van der Waals surface area contributed by atoms with Gasteiger partial charge in [0, 0.05) is 0 Å². The van der Waals surface area contributed by atoms with Crippen molar-refractivity contribution in [1.82, 2.24) is 0 Å². The van der Waals surface area contributed by atoms with Gasteiger partial charge in [0.1, 0.15) is 0 Å². The Labute approximate surface area is 247 Å². The van der Waals surface area contributed by atoms with Crippen LogP contribution in [0.3, 0.4) is 0 Å². The predicted molar refractivity (Wildman–Crippen MR) is 166 cm³/mol. The zero-order valence-corrected chi connectivity index (χ0v) is 24.6. The van der Waals surface area contributed by atoms with Gasteiger partial charge in [-0.2, -0.15) is 0 Å². The van der Waals surface area contributed by atoms with E-state index in [0.717, 1.165) is 0 Å². The minimum absolute atomic E-state index is 0. The van der Waals surface area contributed by atoms with Gasteiger partial charge in [-0.3, -0.25) is 0 Å². The van der Waals surface area contributed by atoms with Crippen LogP contribution in [0.15, 0.2) is 0 Å². The molecule has 0 atom stereocenters. The van der Waals surface area contributed by atoms with Gasteiger partial charge in [0.05, 0.1) is 0 Å². The Kier molecular flexibility index (Phi) is 40.5. The molecule has 0 saturated carbocycles. The number of hydrogen-bond acceptors (Lipinski definition) is 0. The second-order valence-corrected chi connectivity index (χ2v) is 11.6. The average Bonchev–Trinajstić information content (AvgIpc) is 2.85. The molecule has 0 aliphatic heterocycles. The van der Waals surface area contributed by atoms with Crippen molar-refractivity contribution < 1.29 is 0 Å². The van der Waals surface area contributed by atoms with Crippen LogP contribution >= 0.6 is 0 Å². The maximum atomic E-state index is 2.31. The van der Waals surface area contributed by atoms with Crippen LogP contribution in [0.1, 0.15) is 219 Å². The van der Waals surface area contributed by atoms with Crippen molar-refractivity contribution in [2.24, 2.45) is 0 Å². The third kappa shape index (κ3) is 37.2. The molecule has 0 radical (unpaired) electrons. The fourth-order valence-corrected chi connectivity index (χ4v) is 5.45. The number of hydrogen-bond donors (Lipinski definition) is 0. The van der Waals surface area contributed by atoms with Crippen LogP contribution in [0.5, 0.6) is 0 Å². The molecule has 0 aliphatic carbocycles. The summed E-state index contributed by atoms with van der Waals surface area (Å²) < 4.78 is 0. The van der Waals surface area contributed by atoms with Gasteiger partial charge < -0.3 is 0 Å². The molecule has 208 valence electrons. The van der Waals surface area contributed by atoms with E-state index in [1.54, 1.807) is 0 Å².